The molecule has 1 aliphatic heterocycles. The number of rotatable bonds is 9. The summed E-state index contributed by atoms with van der Waals surface area (Å²) < 4.78 is 10.6. The van der Waals surface area contributed by atoms with Gasteiger partial charge in [0.2, 0.25) is 5.91 Å². The lowest BCUT2D eigenvalue weighted by Crippen LogP contribution is -2.47. The lowest BCUT2D eigenvalue weighted by molar-refractivity contribution is -0.122. The number of anilines is 3. The molecule has 8 nitrogen and oxygen atoms in total. The van der Waals surface area contributed by atoms with E-state index in [0.29, 0.717) is 24.4 Å². The maximum Gasteiger partial charge on any atom is 0.253 e. The first-order valence-electron chi connectivity index (χ1n) is 12.0. The summed E-state index contributed by atoms with van der Waals surface area (Å²) in [5, 5.41) is 5.92. The van der Waals surface area contributed by atoms with Crippen molar-refractivity contribution in [2.75, 3.05) is 68.7 Å². The predicted molar refractivity (Wildman–Crippen MR) is 134 cm³/mol. The molecule has 0 unspecified atom stereocenters. The topological polar surface area (TPSA) is 83.1 Å². The summed E-state index contributed by atoms with van der Waals surface area (Å²) in [6.45, 7) is 4.02. The highest BCUT2D eigenvalue weighted by Crippen LogP contribution is 2.32. The van der Waals surface area contributed by atoms with Gasteiger partial charge in [0.05, 0.1) is 25.0 Å². The Morgan fingerprint density at radius 3 is 2.32 bits per heavy atom. The zero-order valence-corrected chi connectivity index (χ0v) is 20.0. The molecule has 2 aromatic carbocycles. The molecule has 8 heteroatoms. The van der Waals surface area contributed by atoms with Gasteiger partial charge in [-0.05, 0) is 43.2 Å². The molecule has 1 saturated carbocycles. The molecule has 1 saturated heterocycles. The maximum atomic E-state index is 13.1. The van der Waals surface area contributed by atoms with Crippen LogP contribution < -0.4 is 25.2 Å². The molecule has 0 bridgehead atoms. The molecule has 34 heavy (non-hydrogen) atoms. The van der Waals surface area contributed by atoms with Gasteiger partial charge >= 0.3 is 0 Å². The molecule has 0 atom stereocenters. The van der Waals surface area contributed by atoms with Crippen molar-refractivity contribution < 1.29 is 19.1 Å². The zero-order chi connectivity index (χ0) is 23.9. The number of ether oxygens (including phenoxy) is 2. The minimum absolute atomic E-state index is 0.0372. The Morgan fingerprint density at radius 1 is 0.971 bits per heavy atom. The summed E-state index contributed by atoms with van der Waals surface area (Å²) in [5.41, 5.74) is 3.17. The second-order valence-electron chi connectivity index (χ2n) is 8.74. The van der Waals surface area contributed by atoms with Gasteiger partial charge in [-0.2, -0.15) is 0 Å². The van der Waals surface area contributed by atoms with Crippen LogP contribution in [0.5, 0.6) is 5.75 Å². The maximum absolute atomic E-state index is 13.1. The van der Waals surface area contributed by atoms with Crippen LogP contribution in [0.1, 0.15) is 29.6 Å². The first-order chi connectivity index (χ1) is 16.6. The minimum atomic E-state index is -0.168. The smallest absolute Gasteiger partial charge is 0.253 e. The first-order valence-corrected chi connectivity index (χ1v) is 12.0. The second kappa shape index (κ2) is 11.2. The molecule has 4 rings (SSSR count). The third kappa shape index (κ3) is 5.44. The number of para-hydroxylation sites is 2. The fourth-order valence-corrected chi connectivity index (χ4v) is 4.43. The summed E-state index contributed by atoms with van der Waals surface area (Å²) in [6, 6.07) is 13.7. The largest absolute Gasteiger partial charge is 0.495 e. The summed E-state index contributed by atoms with van der Waals surface area (Å²) in [4.78, 5) is 30.0. The van der Waals surface area contributed by atoms with Crippen molar-refractivity contribution in [3.05, 3.63) is 48.0 Å². The van der Waals surface area contributed by atoms with Crippen LogP contribution in [0.4, 0.5) is 17.1 Å². The van der Waals surface area contributed by atoms with Crippen LogP contribution in [0, 0.1) is 5.92 Å². The van der Waals surface area contributed by atoms with Crippen molar-refractivity contribution in [1.29, 1.82) is 0 Å². The van der Waals surface area contributed by atoms with E-state index in [0.717, 1.165) is 62.6 Å². The van der Waals surface area contributed by atoms with Gasteiger partial charge in [-0.15, -0.1) is 0 Å². The Labute approximate surface area is 201 Å². The normalized spacial score (nSPS) is 16.1. The number of hydrogen-bond donors (Lipinski definition) is 2. The number of amides is 2. The van der Waals surface area contributed by atoms with Crippen LogP contribution in [0.3, 0.4) is 0 Å². The number of carbonyl (C=O) groups is 2. The van der Waals surface area contributed by atoms with Crippen molar-refractivity contribution >= 4 is 28.9 Å². The lowest BCUT2D eigenvalue weighted by Gasteiger charge is -2.38. The van der Waals surface area contributed by atoms with E-state index < -0.39 is 0 Å². The highest BCUT2D eigenvalue weighted by molar-refractivity contribution is 6.02. The van der Waals surface area contributed by atoms with Crippen LogP contribution in [-0.4, -0.2) is 65.4 Å². The molecule has 1 heterocycles. The molecular formula is C26H34N4O4. The van der Waals surface area contributed by atoms with Crippen molar-refractivity contribution in [3.63, 3.8) is 0 Å². The van der Waals surface area contributed by atoms with Gasteiger partial charge in [-0.3, -0.25) is 9.59 Å². The van der Waals surface area contributed by atoms with Crippen LogP contribution in [0.15, 0.2) is 42.5 Å². The molecule has 2 N–H and O–H groups in total. The fraction of sp³-hybridized carbons (Fsp3) is 0.462. The van der Waals surface area contributed by atoms with Crippen molar-refractivity contribution in [2.24, 2.45) is 5.92 Å². The van der Waals surface area contributed by atoms with E-state index in [4.69, 9.17) is 9.47 Å². The average Bonchev–Trinajstić information content (AvgIpc) is 2.83. The number of methoxy groups -OCH3 is 2. The van der Waals surface area contributed by atoms with Crippen molar-refractivity contribution in [2.45, 2.75) is 19.3 Å². The predicted octanol–water partition coefficient (Wildman–Crippen LogP) is 3.14. The molecule has 2 aromatic rings. The van der Waals surface area contributed by atoms with E-state index >= 15 is 0 Å². The minimum Gasteiger partial charge on any atom is -0.495 e. The highest BCUT2D eigenvalue weighted by Gasteiger charge is 2.27. The Morgan fingerprint density at radius 2 is 1.68 bits per heavy atom. The lowest BCUT2D eigenvalue weighted by atomic mass is 9.85. The van der Waals surface area contributed by atoms with E-state index in [2.05, 4.69) is 26.5 Å². The van der Waals surface area contributed by atoms with Gasteiger partial charge in [0.1, 0.15) is 5.75 Å². The van der Waals surface area contributed by atoms with E-state index in [9.17, 15) is 9.59 Å². The number of nitrogens with zero attached hydrogens (tertiary/aromatic N) is 2. The van der Waals surface area contributed by atoms with Gasteiger partial charge in [0, 0.05) is 57.1 Å². The van der Waals surface area contributed by atoms with Gasteiger partial charge in [-0.25, -0.2) is 0 Å². The monoisotopic (exact) mass is 466 g/mol. The molecule has 182 valence electrons. The van der Waals surface area contributed by atoms with Crippen molar-refractivity contribution in [1.82, 2.24) is 5.32 Å². The number of nitrogens with one attached hydrogen (secondary N) is 2. The van der Waals surface area contributed by atoms with E-state index in [1.807, 2.05) is 30.3 Å². The van der Waals surface area contributed by atoms with E-state index in [1.165, 1.54) is 0 Å². The van der Waals surface area contributed by atoms with Crippen LogP contribution >= 0.6 is 0 Å². The highest BCUT2D eigenvalue weighted by atomic mass is 16.5. The Balaban J connectivity index is 1.50. The fourth-order valence-electron chi connectivity index (χ4n) is 4.43. The van der Waals surface area contributed by atoms with Crippen LogP contribution in [-0.2, 0) is 9.53 Å². The molecule has 0 aromatic heterocycles. The Hall–Kier alpha value is -3.26. The number of piperazine rings is 1. The van der Waals surface area contributed by atoms with Crippen LogP contribution in [0.25, 0.3) is 0 Å². The molecule has 1 aliphatic carbocycles. The number of hydrogen-bond acceptors (Lipinski definition) is 6. The van der Waals surface area contributed by atoms with E-state index in [-0.39, 0.29) is 17.7 Å². The SMILES string of the molecule is COCCNC(=O)c1cc(NC(=O)C2CCC2)ccc1N1CCN(c2ccccc2OC)CC1. The average molecular weight is 467 g/mol. The number of benzene rings is 2. The second-order valence-corrected chi connectivity index (χ2v) is 8.74. The summed E-state index contributed by atoms with van der Waals surface area (Å²) >= 11 is 0. The third-order valence-corrected chi connectivity index (χ3v) is 6.62. The summed E-state index contributed by atoms with van der Waals surface area (Å²) in [5.74, 6) is 0.816. The summed E-state index contributed by atoms with van der Waals surface area (Å²) in [6.07, 6.45) is 2.97. The molecule has 0 radical (unpaired) electrons. The first kappa shape index (κ1) is 23.9. The molecule has 0 spiro atoms. The Kier molecular flexibility index (Phi) is 7.90. The number of carbonyl (C=O) groups excluding carboxylic acids is 2. The van der Waals surface area contributed by atoms with Crippen molar-refractivity contribution in [3.8, 4) is 5.75 Å². The van der Waals surface area contributed by atoms with E-state index in [1.54, 1.807) is 20.3 Å². The van der Waals surface area contributed by atoms with Crippen LogP contribution in [0.2, 0.25) is 0 Å². The zero-order valence-electron chi connectivity index (χ0n) is 20.0. The molecular weight excluding hydrogens is 432 g/mol. The molecule has 2 fully saturated rings. The molecule has 2 amide bonds. The third-order valence-electron chi connectivity index (χ3n) is 6.62. The van der Waals surface area contributed by atoms with Gasteiger partial charge in [0.25, 0.3) is 5.91 Å². The Bertz CT molecular complexity index is 1000. The molecule has 2 aliphatic rings. The quantitative estimate of drug-likeness (QED) is 0.553. The van der Waals surface area contributed by atoms with Gasteiger partial charge in [0.15, 0.2) is 0 Å². The standard InChI is InChI=1S/C26H34N4O4/c1-33-17-12-27-26(32)21-18-20(28-25(31)19-6-5-7-19)10-11-22(21)29-13-15-30(16-14-29)23-8-3-4-9-24(23)34-2/h3-4,8-11,18-19H,5-7,12-17H2,1-2H3,(H,27,32)(H,28,31). The summed E-state index contributed by atoms with van der Waals surface area (Å²) in [7, 11) is 3.30. The van der Waals surface area contributed by atoms with Gasteiger partial charge < -0.3 is 29.9 Å². The van der Waals surface area contributed by atoms with Gasteiger partial charge in [-0.1, -0.05) is 18.6 Å².